The van der Waals surface area contributed by atoms with Crippen molar-refractivity contribution >= 4 is 29.2 Å². The van der Waals surface area contributed by atoms with Gasteiger partial charge >= 0.3 is 5.97 Å². The first-order chi connectivity index (χ1) is 10.5. The molecule has 7 heteroatoms. The Hall–Kier alpha value is -2.70. The average molecular weight is 303 g/mol. The minimum Gasteiger partial charge on any atom is -0.456 e. The Morgan fingerprint density at radius 3 is 2.64 bits per heavy atom. The second kappa shape index (κ2) is 6.84. The number of carbonyl (C=O) groups excluding carboxylic acids is 3. The van der Waals surface area contributed by atoms with Crippen molar-refractivity contribution in [3.8, 4) is 0 Å². The molecule has 0 saturated carbocycles. The normalized spacial score (nSPS) is 17.3. The summed E-state index contributed by atoms with van der Waals surface area (Å²) in [5.41, 5.74) is 4.74. The maximum absolute atomic E-state index is 11.5. The third-order valence-electron chi connectivity index (χ3n) is 3.13. The summed E-state index contributed by atoms with van der Waals surface area (Å²) < 4.78 is 4.61. The van der Waals surface area contributed by atoms with E-state index in [2.05, 4.69) is 20.6 Å². The molecule has 0 saturated heterocycles. The van der Waals surface area contributed by atoms with E-state index < -0.39 is 11.9 Å². The number of hydrogen-bond acceptors (Lipinski definition) is 5. The molecule has 7 nitrogen and oxygen atoms in total. The largest absolute Gasteiger partial charge is 0.456 e. The van der Waals surface area contributed by atoms with Gasteiger partial charge in [-0.1, -0.05) is 19.1 Å². The fraction of sp³-hybridized carbons (Fsp3) is 0.333. The van der Waals surface area contributed by atoms with E-state index in [4.69, 9.17) is 0 Å². The summed E-state index contributed by atoms with van der Waals surface area (Å²) in [4.78, 5) is 33.4. The third kappa shape index (κ3) is 4.15. The van der Waals surface area contributed by atoms with Crippen LogP contribution < -0.4 is 10.7 Å². The number of ether oxygens (including phenoxy) is 1. The number of nitrogens with zero attached hydrogens (tertiary/aromatic N) is 1. The van der Waals surface area contributed by atoms with E-state index in [0.717, 1.165) is 11.3 Å². The molecule has 0 fully saturated rings. The smallest absolute Gasteiger partial charge is 0.303 e. The van der Waals surface area contributed by atoms with Crippen molar-refractivity contribution < 1.29 is 19.1 Å². The summed E-state index contributed by atoms with van der Waals surface area (Å²) in [6.45, 7) is 2.87. The Bertz CT molecular complexity index is 622. The molecule has 0 aliphatic carbocycles. The van der Waals surface area contributed by atoms with Gasteiger partial charge in [-0.3, -0.25) is 14.4 Å². The summed E-state index contributed by atoms with van der Waals surface area (Å²) in [7, 11) is 0. The lowest BCUT2D eigenvalue weighted by atomic mass is 9.94. The zero-order valence-corrected chi connectivity index (χ0v) is 12.4. The van der Waals surface area contributed by atoms with Crippen LogP contribution in [0.1, 0.15) is 25.8 Å². The van der Waals surface area contributed by atoms with Gasteiger partial charge in [-0.15, -0.1) is 0 Å². The number of carbonyl (C=O) groups is 3. The molecule has 2 rings (SSSR count). The van der Waals surface area contributed by atoms with E-state index in [1.165, 1.54) is 6.92 Å². The van der Waals surface area contributed by atoms with Crippen LogP contribution in [0.15, 0.2) is 29.4 Å². The van der Waals surface area contributed by atoms with E-state index >= 15 is 0 Å². The Morgan fingerprint density at radius 2 is 2.05 bits per heavy atom. The van der Waals surface area contributed by atoms with Crippen LogP contribution in [-0.2, 0) is 19.1 Å². The van der Waals surface area contributed by atoms with Crippen molar-refractivity contribution in [3.05, 3.63) is 29.8 Å². The van der Waals surface area contributed by atoms with E-state index in [-0.39, 0.29) is 18.4 Å². The minimum absolute atomic E-state index is 0.0400. The average Bonchev–Trinajstić information content (AvgIpc) is 2.46. The molecule has 0 aromatic heterocycles. The Labute approximate surface area is 127 Å². The zero-order valence-electron chi connectivity index (χ0n) is 12.4. The highest BCUT2D eigenvalue weighted by atomic mass is 16.5. The van der Waals surface area contributed by atoms with Crippen LogP contribution >= 0.6 is 0 Å². The molecule has 22 heavy (non-hydrogen) atoms. The first-order valence-electron chi connectivity index (χ1n) is 6.86. The van der Waals surface area contributed by atoms with Gasteiger partial charge in [0, 0.05) is 24.9 Å². The third-order valence-corrected chi connectivity index (χ3v) is 3.13. The summed E-state index contributed by atoms with van der Waals surface area (Å²) in [5, 5.41) is 6.69. The second-order valence-corrected chi connectivity index (χ2v) is 5.04. The Balaban J connectivity index is 2.00. The molecule has 1 unspecified atom stereocenters. The lowest BCUT2D eigenvalue weighted by Crippen LogP contribution is -2.31. The van der Waals surface area contributed by atoms with Crippen molar-refractivity contribution in [2.24, 2.45) is 11.0 Å². The standard InChI is InChI=1S/C15H17N3O4/c1-9-7-13(20)17-18-15(9)11-3-5-12(6-4-11)16-14(21)8-22-10(2)19/h3-6,9H,7-8H2,1-2H3,(H,16,21)(H,17,20). The van der Waals surface area contributed by atoms with E-state index in [9.17, 15) is 14.4 Å². The van der Waals surface area contributed by atoms with Gasteiger partial charge in [-0.05, 0) is 17.7 Å². The molecular formula is C15H17N3O4. The van der Waals surface area contributed by atoms with E-state index in [0.29, 0.717) is 12.1 Å². The second-order valence-electron chi connectivity index (χ2n) is 5.04. The number of benzene rings is 1. The van der Waals surface area contributed by atoms with E-state index in [1.54, 1.807) is 12.1 Å². The van der Waals surface area contributed by atoms with E-state index in [1.807, 2.05) is 19.1 Å². The predicted octanol–water partition coefficient (Wildman–Crippen LogP) is 1.05. The number of hydrazone groups is 1. The summed E-state index contributed by atoms with van der Waals surface area (Å²) in [6.07, 6.45) is 0.402. The van der Waals surface area contributed by atoms with Crippen molar-refractivity contribution in [2.45, 2.75) is 20.3 Å². The van der Waals surface area contributed by atoms with Crippen LogP contribution in [0.5, 0.6) is 0 Å². The van der Waals surface area contributed by atoms with Gasteiger partial charge in [0.2, 0.25) is 5.91 Å². The minimum atomic E-state index is -0.503. The molecule has 116 valence electrons. The molecule has 1 atom stereocenters. The van der Waals surface area contributed by atoms with Crippen LogP contribution in [0, 0.1) is 5.92 Å². The van der Waals surface area contributed by atoms with Crippen molar-refractivity contribution in [2.75, 3.05) is 11.9 Å². The molecule has 1 aromatic carbocycles. The van der Waals surface area contributed by atoms with Crippen molar-refractivity contribution in [1.82, 2.24) is 5.43 Å². The highest BCUT2D eigenvalue weighted by Crippen LogP contribution is 2.18. The van der Waals surface area contributed by atoms with Crippen LogP contribution in [0.3, 0.4) is 0 Å². The van der Waals surface area contributed by atoms with Gasteiger partial charge in [-0.2, -0.15) is 5.10 Å². The predicted molar refractivity (Wildman–Crippen MR) is 80.2 cm³/mol. The molecule has 1 aliphatic heterocycles. The maximum Gasteiger partial charge on any atom is 0.303 e. The first-order valence-corrected chi connectivity index (χ1v) is 6.86. The molecule has 1 aliphatic rings. The lowest BCUT2D eigenvalue weighted by molar-refractivity contribution is -0.144. The first kappa shape index (κ1) is 15.7. The number of esters is 1. The zero-order chi connectivity index (χ0) is 16.1. The SMILES string of the molecule is CC(=O)OCC(=O)Nc1ccc(C2=NNC(=O)CC2C)cc1. The van der Waals surface area contributed by atoms with Gasteiger partial charge in [0.15, 0.2) is 6.61 Å². The monoisotopic (exact) mass is 303 g/mol. The summed E-state index contributed by atoms with van der Waals surface area (Å²) in [5.74, 6) is -0.959. The van der Waals surface area contributed by atoms with Crippen LogP contribution in [0.25, 0.3) is 0 Å². The van der Waals surface area contributed by atoms with Gasteiger partial charge in [0.25, 0.3) is 5.91 Å². The lowest BCUT2D eigenvalue weighted by Gasteiger charge is -2.19. The molecule has 2 N–H and O–H groups in total. The van der Waals surface area contributed by atoms with Crippen LogP contribution in [0.4, 0.5) is 5.69 Å². The molecule has 1 aromatic rings. The molecule has 2 amide bonds. The fourth-order valence-corrected chi connectivity index (χ4v) is 2.09. The Kier molecular flexibility index (Phi) is 4.88. The maximum atomic E-state index is 11.5. The van der Waals surface area contributed by atoms with Gasteiger partial charge in [0.05, 0.1) is 5.71 Å². The number of anilines is 1. The highest BCUT2D eigenvalue weighted by Gasteiger charge is 2.21. The number of rotatable bonds is 4. The quantitative estimate of drug-likeness (QED) is 0.812. The van der Waals surface area contributed by atoms with Gasteiger partial charge < -0.3 is 10.1 Å². The molecule has 0 bridgehead atoms. The number of nitrogens with one attached hydrogen (secondary N) is 2. The summed E-state index contributed by atoms with van der Waals surface area (Å²) >= 11 is 0. The molecule has 0 spiro atoms. The molecule has 1 heterocycles. The van der Waals surface area contributed by atoms with Gasteiger partial charge in [0.1, 0.15) is 0 Å². The molecular weight excluding hydrogens is 286 g/mol. The number of hydrogen-bond donors (Lipinski definition) is 2. The fourth-order valence-electron chi connectivity index (χ4n) is 2.09. The van der Waals surface area contributed by atoms with Crippen molar-refractivity contribution in [1.29, 1.82) is 0 Å². The topological polar surface area (TPSA) is 96.9 Å². The van der Waals surface area contributed by atoms with Gasteiger partial charge in [-0.25, -0.2) is 5.43 Å². The Morgan fingerprint density at radius 1 is 1.36 bits per heavy atom. The number of amides is 2. The van der Waals surface area contributed by atoms with Crippen LogP contribution in [0.2, 0.25) is 0 Å². The van der Waals surface area contributed by atoms with Crippen molar-refractivity contribution in [3.63, 3.8) is 0 Å². The summed E-state index contributed by atoms with van der Waals surface area (Å²) in [6, 6.07) is 7.09. The van der Waals surface area contributed by atoms with Crippen LogP contribution in [-0.4, -0.2) is 30.1 Å². The highest BCUT2D eigenvalue weighted by molar-refractivity contribution is 6.06. The molecule has 0 radical (unpaired) electrons.